The summed E-state index contributed by atoms with van der Waals surface area (Å²) in [5, 5.41) is 18.2. The number of carbonyl (C=O) groups excluding carboxylic acids is 2. The fourth-order valence-electron chi connectivity index (χ4n) is 9.71. The Morgan fingerprint density at radius 1 is 1.02 bits per heavy atom. The van der Waals surface area contributed by atoms with E-state index in [0.29, 0.717) is 44.6 Å². The Morgan fingerprint density at radius 3 is 2.30 bits per heavy atom. The number of benzene rings is 1. The minimum Gasteiger partial charge on any atom is -0.496 e. The molecule has 0 unspecified atom stereocenters. The maximum Gasteiger partial charge on any atom is 0.410 e. The number of β-amino-alcohol motifs (C(OH)–C–C–N with tert-alkyl or cyclic N) is 1. The van der Waals surface area contributed by atoms with Crippen LogP contribution in [0.1, 0.15) is 121 Å². The van der Waals surface area contributed by atoms with Crippen LogP contribution >= 0.6 is 0 Å². The second kappa shape index (κ2) is 14.4. The third-order valence-electron chi connectivity index (χ3n) is 13.9. The zero-order chi connectivity index (χ0) is 37.6. The maximum atomic E-state index is 13.9. The van der Waals surface area contributed by atoms with Gasteiger partial charge in [0, 0.05) is 29.4 Å². The molecule has 5 aliphatic rings. The highest BCUT2D eigenvalue weighted by Crippen LogP contribution is 2.59. The van der Waals surface area contributed by atoms with Gasteiger partial charge in [0.05, 0.1) is 37.5 Å². The lowest BCUT2D eigenvalue weighted by Gasteiger charge is -2.54. The Kier molecular flexibility index (Phi) is 10.1. The van der Waals surface area contributed by atoms with Crippen molar-refractivity contribution in [3.63, 3.8) is 0 Å². The van der Waals surface area contributed by atoms with Gasteiger partial charge >= 0.3 is 6.09 Å². The number of fused-ring (bicyclic) bond motifs is 3. The molecule has 0 radical (unpaired) electrons. The molecule has 0 spiro atoms. The van der Waals surface area contributed by atoms with E-state index in [-0.39, 0.29) is 40.4 Å². The minimum absolute atomic E-state index is 0.0154. The number of likely N-dealkylation sites (tertiary alicyclic amines) is 1. The molecule has 8 rings (SSSR count). The summed E-state index contributed by atoms with van der Waals surface area (Å²) in [5.41, 5.74) is 5.35. The molecular formula is C43H59N5O5. The summed E-state index contributed by atoms with van der Waals surface area (Å²) in [6.07, 6.45) is 17.7. The molecule has 1 aliphatic heterocycles. The van der Waals surface area contributed by atoms with Crippen molar-refractivity contribution >= 4 is 17.8 Å². The molecular weight excluding hydrogens is 667 g/mol. The van der Waals surface area contributed by atoms with Gasteiger partial charge in [0.1, 0.15) is 17.7 Å². The van der Waals surface area contributed by atoms with Gasteiger partial charge in [-0.15, -0.1) is 0 Å². The van der Waals surface area contributed by atoms with E-state index in [2.05, 4.69) is 68.2 Å². The van der Waals surface area contributed by atoms with Crippen molar-refractivity contribution in [2.45, 2.75) is 141 Å². The molecule has 10 heteroatoms. The molecule has 1 saturated heterocycles. The highest BCUT2D eigenvalue weighted by molar-refractivity contribution is 5.93. The summed E-state index contributed by atoms with van der Waals surface area (Å²) in [4.78, 5) is 32.9. The van der Waals surface area contributed by atoms with E-state index in [0.717, 1.165) is 80.2 Å². The monoisotopic (exact) mass is 725 g/mol. The summed E-state index contributed by atoms with van der Waals surface area (Å²) in [5.74, 6) is 1.41. The number of ether oxygens (including phenoxy) is 2. The van der Waals surface area contributed by atoms with Gasteiger partial charge in [0.2, 0.25) is 5.91 Å². The summed E-state index contributed by atoms with van der Waals surface area (Å²) in [6.45, 7) is 11.1. The number of aryl methyl sites for hydroxylation is 1. The van der Waals surface area contributed by atoms with Crippen molar-refractivity contribution in [1.29, 1.82) is 0 Å². The van der Waals surface area contributed by atoms with Crippen molar-refractivity contribution in [3.8, 4) is 16.9 Å². The van der Waals surface area contributed by atoms with Gasteiger partial charge in [-0.05, 0) is 144 Å². The fraction of sp³-hybridized carbons (Fsp3) is 0.628. The van der Waals surface area contributed by atoms with E-state index in [9.17, 15) is 14.7 Å². The number of nitrogens with one attached hydrogen (secondary N) is 1. The summed E-state index contributed by atoms with van der Waals surface area (Å²) in [6, 6.07) is 8.86. The Balaban J connectivity index is 1.10. The highest BCUT2D eigenvalue weighted by atomic mass is 16.6. The molecule has 2 N–H and O–H groups in total. The van der Waals surface area contributed by atoms with Crippen LogP contribution in [-0.4, -0.2) is 68.7 Å². The molecule has 2 bridgehead atoms. The molecule has 1 aromatic carbocycles. The van der Waals surface area contributed by atoms with E-state index in [4.69, 9.17) is 19.6 Å². The number of rotatable bonds is 11. The average Bonchev–Trinajstić information content (AvgIpc) is 3.66. The SMILES string of the molecule is CCC(C)(CC)n1cc(-c2ccnc(NC(=O)C3CCC(OC(=O)N4CC(C)(O)C4)CC3)c2CC23CCC(c4ccc(OC)c(C)c4)(CC2)CC3)cn1. The molecule has 5 fully saturated rings. The smallest absolute Gasteiger partial charge is 0.410 e. The number of methoxy groups -OCH3 is 1. The Labute approximate surface area is 315 Å². The van der Waals surface area contributed by atoms with Gasteiger partial charge in [-0.2, -0.15) is 5.10 Å². The van der Waals surface area contributed by atoms with Gasteiger partial charge in [-0.1, -0.05) is 26.0 Å². The first-order valence-corrected chi connectivity index (χ1v) is 20.0. The lowest BCUT2D eigenvalue weighted by atomic mass is 9.50. The van der Waals surface area contributed by atoms with E-state index >= 15 is 0 Å². The first-order chi connectivity index (χ1) is 25.3. The van der Waals surface area contributed by atoms with Crippen molar-refractivity contribution in [3.05, 3.63) is 59.5 Å². The van der Waals surface area contributed by atoms with E-state index in [1.165, 1.54) is 16.0 Å². The molecule has 4 saturated carbocycles. The zero-order valence-corrected chi connectivity index (χ0v) is 32.7. The standard InChI is InChI=1S/C43H59N5O5/c1-7-40(4,8-2)48-26-31(25-45-48)34-15-22-44-37(46-38(49)30-9-12-33(13-10-30)53-39(50)47-27-41(5,51)28-47)35(34)24-42-16-19-43(20-17-42,21-18-42)32-11-14-36(52-6)29(3)23-32/h11,14-15,22-23,25-26,30,33,51H,7-10,12-13,16-21,24,27-28H2,1-6H3,(H,44,46,49). The molecule has 4 aliphatic carbocycles. The van der Waals surface area contributed by atoms with Crippen molar-refractivity contribution in [2.75, 3.05) is 25.5 Å². The lowest BCUT2D eigenvalue weighted by Crippen LogP contribution is -2.62. The Bertz CT molecular complexity index is 1790. The first kappa shape index (κ1) is 37.4. The number of aromatic nitrogens is 3. The number of carbonyl (C=O) groups is 2. The molecule has 10 nitrogen and oxygen atoms in total. The lowest BCUT2D eigenvalue weighted by molar-refractivity contribution is -0.121. The number of hydrogen-bond donors (Lipinski definition) is 2. The molecule has 3 heterocycles. The molecule has 2 amide bonds. The quantitative estimate of drug-likeness (QED) is 0.204. The largest absolute Gasteiger partial charge is 0.496 e. The van der Waals surface area contributed by atoms with Crippen LogP contribution in [0.3, 0.4) is 0 Å². The van der Waals surface area contributed by atoms with Crippen LogP contribution in [0, 0.1) is 18.3 Å². The third-order valence-corrected chi connectivity index (χ3v) is 13.9. The topological polar surface area (TPSA) is 119 Å². The van der Waals surface area contributed by atoms with Crippen LogP contribution in [0.2, 0.25) is 0 Å². The number of hydrogen-bond acceptors (Lipinski definition) is 7. The third kappa shape index (κ3) is 7.32. The van der Waals surface area contributed by atoms with Gasteiger partial charge < -0.3 is 24.8 Å². The number of amides is 2. The zero-order valence-electron chi connectivity index (χ0n) is 32.7. The predicted octanol–water partition coefficient (Wildman–Crippen LogP) is 8.33. The minimum atomic E-state index is -0.834. The van der Waals surface area contributed by atoms with Crippen LogP contribution in [0.5, 0.6) is 5.75 Å². The second-order valence-electron chi connectivity index (χ2n) is 17.4. The van der Waals surface area contributed by atoms with E-state index in [1.54, 1.807) is 14.0 Å². The average molecular weight is 726 g/mol. The summed E-state index contributed by atoms with van der Waals surface area (Å²) < 4.78 is 13.4. The first-order valence-electron chi connectivity index (χ1n) is 20.0. The maximum absolute atomic E-state index is 13.9. The van der Waals surface area contributed by atoms with Gasteiger partial charge in [0.15, 0.2) is 0 Å². The van der Waals surface area contributed by atoms with Crippen molar-refractivity contribution in [2.24, 2.45) is 11.3 Å². The Hall–Kier alpha value is -3.92. The normalized spacial score (nSPS) is 26.5. The fourth-order valence-corrected chi connectivity index (χ4v) is 9.71. The number of anilines is 1. The number of nitrogens with zero attached hydrogens (tertiary/aromatic N) is 4. The van der Waals surface area contributed by atoms with Crippen molar-refractivity contribution in [1.82, 2.24) is 19.7 Å². The van der Waals surface area contributed by atoms with Gasteiger partial charge in [0.25, 0.3) is 0 Å². The Morgan fingerprint density at radius 2 is 1.70 bits per heavy atom. The second-order valence-corrected chi connectivity index (χ2v) is 17.4. The van der Waals surface area contributed by atoms with Crippen LogP contribution in [0.25, 0.3) is 11.1 Å². The molecule has 3 aromatic rings. The summed E-state index contributed by atoms with van der Waals surface area (Å²) >= 11 is 0. The van der Waals surface area contributed by atoms with Crippen molar-refractivity contribution < 1.29 is 24.2 Å². The van der Waals surface area contributed by atoms with E-state index < -0.39 is 5.60 Å². The molecule has 53 heavy (non-hydrogen) atoms. The highest BCUT2D eigenvalue weighted by Gasteiger charge is 2.50. The number of aliphatic hydroxyl groups is 1. The molecule has 286 valence electrons. The van der Waals surface area contributed by atoms with Crippen LogP contribution in [0.4, 0.5) is 10.6 Å². The molecule has 2 aromatic heterocycles. The van der Waals surface area contributed by atoms with Gasteiger partial charge in [-0.3, -0.25) is 9.48 Å². The summed E-state index contributed by atoms with van der Waals surface area (Å²) in [7, 11) is 1.74. The van der Waals surface area contributed by atoms with Crippen LogP contribution in [0.15, 0.2) is 42.9 Å². The molecule has 0 atom stereocenters. The van der Waals surface area contributed by atoms with Crippen LogP contribution < -0.4 is 10.1 Å². The van der Waals surface area contributed by atoms with Crippen LogP contribution in [-0.2, 0) is 26.9 Å². The van der Waals surface area contributed by atoms with E-state index in [1.807, 2.05) is 12.4 Å². The number of pyridine rings is 1. The predicted molar refractivity (Wildman–Crippen MR) is 206 cm³/mol. The van der Waals surface area contributed by atoms with Gasteiger partial charge in [-0.25, -0.2) is 9.78 Å².